The summed E-state index contributed by atoms with van der Waals surface area (Å²) in [4.78, 5) is 19.2. The number of benzene rings is 2. The summed E-state index contributed by atoms with van der Waals surface area (Å²) in [7, 11) is 1.55. The van der Waals surface area contributed by atoms with E-state index in [2.05, 4.69) is 9.88 Å². The van der Waals surface area contributed by atoms with Gasteiger partial charge in [0.25, 0.3) is 0 Å². The number of piperidine rings is 1. The maximum absolute atomic E-state index is 15.8. The van der Waals surface area contributed by atoms with Gasteiger partial charge in [-0.25, -0.2) is 18.7 Å². The van der Waals surface area contributed by atoms with Crippen LogP contribution in [0.5, 0.6) is 11.5 Å². The summed E-state index contributed by atoms with van der Waals surface area (Å²) >= 11 is 0. The van der Waals surface area contributed by atoms with Crippen LogP contribution in [-0.4, -0.2) is 54.3 Å². The molecular formula is C28H32F3N3O4. The van der Waals surface area contributed by atoms with Gasteiger partial charge in [0.2, 0.25) is 5.91 Å². The fraction of sp³-hybridized carbons (Fsp3) is 0.429. The molecule has 1 fully saturated rings. The van der Waals surface area contributed by atoms with Gasteiger partial charge in [-0.2, -0.15) is 0 Å². The lowest BCUT2D eigenvalue weighted by atomic mass is 9.73. The molecule has 0 aliphatic carbocycles. The number of rotatable bonds is 10. The summed E-state index contributed by atoms with van der Waals surface area (Å²) in [5.41, 5.74) is 2.76. The van der Waals surface area contributed by atoms with E-state index in [1.165, 1.54) is 0 Å². The van der Waals surface area contributed by atoms with E-state index in [1.807, 2.05) is 6.92 Å². The van der Waals surface area contributed by atoms with Gasteiger partial charge < -0.3 is 9.47 Å². The molecule has 1 saturated heterocycles. The molecule has 2 heterocycles. The summed E-state index contributed by atoms with van der Waals surface area (Å²) in [6.07, 6.45) is 1.49. The van der Waals surface area contributed by atoms with E-state index in [0.717, 1.165) is 18.2 Å². The number of amides is 1. The minimum Gasteiger partial charge on any atom is -0.497 e. The Morgan fingerprint density at radius 1 is 1.16 bits per heavy atom. The van der Waals surface area contributed by atoms with E-state index in [4.69, 9.17) is 9.47 Å². The first-order chi connectivity index (χ1) is 18.2. The molecule has 10 heteroatoms. The molecule has 0 spiro atoms. The van der Waals surface area contributed by atoms with Crippen molar-refractivity contribution in [3.05, 3.63) is 65.4 Å². The molecule has 0 radical (unpaired) electrons. The molecule has 0 bridgehead atoms. The van der Waals surface area contributed by atoms with Crippen LogP contribution < -0.4 is 15.0 Å². The molecule has 4 rings (SSSR count). The lowest BCUT2D eigenvalue weighted by molar-refractivity contribution is -0.143. The quantitative estimate of drug-likeness (QED) is 0.273. The SMILES string of the molecule is COc1ccc2ncc(C)c(C(F)CCC3(C(=O)NO)CCN(CCOc4cc(F)cc(F)c4)CC3)c2c1. The van der Waals surface area contributed by atoms with Gasteiger partial charge in [-0.05, 0) is 75.0 Å². The number of alkyl halides is 1. The molecule has 0 saturated carbocycles. The fourth-order valence-electron chi connectivity index (χ4n) is 5.20. The summed E-state index contributed by atoms with van der Waals surface area (Å²) in [6, 6.07) is 8.35. The predicted octanol–water partition coefficient (Wildman–Crippen LogP) is 5.29. The zero-order valence-electron chi connectivity index (χ0n) is 21.5. The lowest BCUT2D eigenvalue weighted by Gasteiger charge is -2.40. The van der Waals surface area contributed by atoms with Crippen LogP contribution in [-0.2, 0) is 4.79 Å². The highest BCUT2D eigenvalue weighted by molar-refractivity contribution is 5.85. The monoisotopic (exact) mass is 531 g/mol. The molecule has 2 N–H and O–H groups in total. The van der Waals surface area contributed by atoms with Gasteiger partial charge in [-0.15, -0.1) is 0 Å². The Morgan fingerprint density at radius 2 is 1.87 bits per heavy atom. The van der Waals surface area contributed by atoms with E-state index in [1.54, 1.807) is 37.0 Å². The molecule has 1 amide bonds. The molecule has 1 unspecified atom stereocenters. The fourth-order valence-corrected chi connectivity index (χ4v) is 5.20. The second kappa shape index (κ2) is 12.0. The zero-order chi connectivity index (χ0) is 27.3. The van der Waals surface area contributed by atoms with Crippen LogP contribution in [0.2, 0.25) is 0 Å². The summed E-state index contributed by atoms with van der Waals surface area (Å²) in [5.74, 6) is -1.22. The van der Waals surface area contributed by atoms with Crippen LogP contribution in [0.3, 0.4) is 0 Å². The number of nitrogens with zero attached hydrogens (tertiary/aromatic N) is 2. The van der Waals surface area contributed by atoms with Crippen molar-refractivity contribution in [1.29, 1.82) is 0 Å². The first-order valence-electron chi connectivity index (χ1n) is 12.6. The average molecular weight is 532 g/mol. The van der Waals surface area contributed by atoms with Gasteiger partial charge in [0.05, 0.1) is 18.0 Å². The Hall–Kier alpha value is -3.37. The van der Waals surface area contributed by atoms with Gasteiger partial charge in [0, 0.05) is 36.3 Å². The standard InChI is InChI=1S/C28H32F3N3O4/c1-18-17-32-25-4-3-21(37-2)16-23(25)26(18)24(31)5-6-28(27(35)33-36)7-9-34(10-8-28)11-12-38-22-14-19(29)13-20(30)15-22/h3-4,13-17,24,36H,5-12H2,1-2H3,(H,33,35). The Labute approximate surface area is 219 Å². The normalized spacial score (nSPS) is 16.3. The van der Waals surface area contributed by atoms with Crippen LogP contribution in [0.1, 0.15) is 43.0 Å². The number of hydrogen-bond donors (Lipinski definition) is 2. The number of aromatic nitrogens is 1. The van der Waals surface area contributed by atoms with Gasteiger partial charge in [0.15, 0.2) is 0 Å². The van der Waals surface area contributed by atoms with Crippen molar-refractivity contribution in [2.75, 3.05) is 33.4 Å². The number of likely N-dealkylation sites (tertiary alicyclic amines) is 1. The predicted molar refractivity (Wildman–Crippen MR) is 136 cm³/mol. The maximum atomic E-state index is 15.8. The number of halogens is 3. The van der Waals surface area contributed by atoms with Gasteiger partial charge >= 0.3 is 0 Å². The number of fused-ring (bicyclic) bond motifs is 1. The van der Waals surface area contributed by atoms with Gasteiger partial charge in [-0.1, -0.05) is 0 Å². The highest BCUT2D eigenvalue weighted by Gasteiger charge is 2.41. The van der Waals surface area contributed by atoms with Gasteiger partial charge in [0.1, 0.15) is 35.9 Å². The highest BCUT2D eigenvalue weighted by atomic mass is 19.1. The Balaban J connectivity index is 1.39. The Kier molecular flexibility index (Phi) is 8.73. The largest absolute Gasteiger partial charge is 0.497 e. The summed E-state index contributed by atoms with van der Waals surface area (Å²) in [6.45, 7) is 3.57. The van der Waals surface area contributed by atoms with Crippen molar-refractivity contribution < 1.29 is 32.6 Å². The van der Waals surface area contributed by atoms with E-state index in [-0.39, 0.29) is 25.2 Å². The van der Waals surface area contributed by atoms with Crippen molar-refractivity contribution in [3.63, 3.8) is 0 Å². The lowest BCUT2D eigenvalue weighted by Crippen LogP contribution is -2.49. The topological polar surface area (TPSA) is 83.9 Å². The second-order valence-corrected chi connectivity index (χ2v) is 9.76. The number of pyridine rings is 1. The molecule has 7 nitrogen and oxygen atoms in total. The number of hydrogen-bond acceptors (Lipinski definition) is 6. The summed E-state index contributed by atoms with van der Waals surface area (Å²) in [5, 5.41) is 10.1. The zero-order valence-corrected chi connectivity index (χ0v) is 21.5. The number of aryl methyl sites for hydroxylation is 1. The average Bonchev–Trinajstić information content (AvgIpc) is 2.91. The van der Waals surface area contributed by atoms with Crippen LogP contribution >= 0.6 is 0 Å². The molecule has 204 valence electrons. The van der Waals surface area contributed by atoms with E-state index in [0.29, 0.717) is 60.3 Å². The maximum Gasteiger partial charge on any atom is 0.249 e. The van der Waals surface area contributed by atoms with Crippen LogP contribution in [0.25, 0.3) is 10.9 Å². The number of ether oxygens (including phenoxy) is 2. The molecule has 1 atom stereocenters. The van der Waals surface area contributed by atoms with Crippen molar-refractivity contribution >= 4 is 16.8 Å². The summed E-state index contributed by atoms with van der Waals surface area (Å²) < 4.78 is 53.3. The Bertz CT molecular complexity index is 1260. The third-order valence-corrected chi connectivity index (χ3v) is 7.41. The molecule has 38 heavy (non-hydrogen) atoms. The van der Waals surface area contributed by atoms with Crippen molar-refractivity contribution in [3.8, 4) is 11.5 Å². The molecule has 1 aliphatic heterocycles. The number of carbonyl (C=O) groups excluding carboxylic acids is 1. The minimum atomic E-state index is -1.34. The third kappa shape index (κ3) is 6.19. The van der Waals surface area contributed by atoms with Crippen molar-refractivity contribution in [1.82, 2.24) is 15.4 Å². The van der Waals surface area contributed by atoms with Gasteiger partial charge in [-0.3, -0.25) is 19.9 Å². The second-order valence-electron chi connectivity index (χ2n) is 9.76. The van der Waals surface area contributed by atoms with E-state index < -0.39 is 29.1 Å². The number of nitrogens with one attached hydrogen (secondary N) is 1. The first-order valence-corrected chi connectivity index (χ1v) is 12.6. The molecule has 1 aromatic heterocycles. The van der Waals surface area contributed by atoms with Crippen molar-refractivity contribution in [2.45, 2.75) is 38.8 Å². The molecule has 3 aromatic rings. The Morgan fingerprint density at radius 3 is 2.53 bits per heavy atom. The number of hydroxylamine groups is 1. The number of carbonyl (C=O) groups is 1. The van der Waals surface area contributed by atoms with Crippen LogP contribution in [0.15, 0.2) is 42.6 Å². The highest BCUT2D eigenvalue weighted by Crippen LogP contribution is 2.41. The third-order valence-electron chi connectivity index (χ3n) is 7.41. The van der Waals surface area contributed by atoms with Crippen molar-refractivity contribution in [2.24, 2.45) is 5.41 Å². The molecule has 2 aromatic carbocycles. The molecule has 1 aliphatic rings. The van der Waals surface area contributed by atoms with Crippen LogP contribution in [0, 0.1) is 24.0 Å². The molecular weight excluding hydrogens is 499 g/mol. The van der Waals surface area contributed by atoms with Crippen LogP contribution in [0.4, 0.5) is 13.2 Å². The van der Waals surface area contributed by atoms with E-state index >= 15 is 4.39 Å². The first kappa shape index (κ1) is 27.7. The smallest absolute Gasteiger partial charge is 0.249 e. The van der Waals surface area contributed by atoms with E-state index in [9.17, 15) is 18.8 Å². The minimum absolute atomic E-state index is 0.0961. The number of methoxy groups -OCH3 is 1.